The summed E-state index contributed by atoms with van der Waals surface area (Å²) in [6.07, 6.45) is 1.74. The minimum atomic E-state index is -0.0363. The summed E-state index contributed by atoms with van der Waals surface area (Å²) in [5, 5.41) is 4.08. The van der Waals surface area contributed by atoms with Crippen molar-refractivity contribution in [1.82, 2.24) is 9.88 Å². The lowest BCUT2D eigenvalue weighted by atomic mass is 10.1. The maximum absolute atomic E-state index is 13.0. The van der Waals surface area contributed by atoms with Gasteiger partial charge < -0.3 is 9.64 Å². The van der Waals surface area contributed by atoms with Crippen molar-refractivity contribution in [3.05, 3.63) is 82.3 Å². The van der Waals surface area contributed by atoms with E-state index in [1.165, 1.54) is 0 Å². The van der Waals surface area contributed by atoms with E-state index in [9.17, 15) is 4.79 Å². The van der Waals surface area contributed by atoms with Gasteiger partial charge in [-0.25, -0.2) is 0 Å². The number of carbonyl (C=O) groups is 1. The molecule has 0 saturated carbocycles. The molecule has 0 aliphatic carbocycles. The van der Waals surface area contributed by atoms with Crippen molar-refractivity contribution in [1.29, 1.82) is 0 Å². The van der Waals surface area contributed by atoms with Crippen molar-refractivity contribution in [3.63, 3.8) is 0 Å². The highest BCUT2D eigenvalue weighted by Crippen LogP contribution is 2.18. The molecule has 3 aromatic rings. The number of pyridine rings is 1. The molecule has 0 fully saturated rings. The summed E-state index contributed by atoms with van der Waals surface area (Å²) in [6, 6.07) is 15.0. The number of aromatic nitrogens is 1. The van der Waals surface area contributed by atoms with Gasteiger partial charge in [-0.1, -0.05) is 12.1 Å². The summed E-state index contributed by atoms with van der Waals surface area (Å²) in [6.45, 7) is 1.02. The van der Waals surface area contributed by atoms with Gasteiger partial charge in [-0.3, -0.25) is 9.78 Å². The third kappa shape index (κ3) is 4.00. The Bertz CT molecular complexity index is 788. The number of amides is 1. The van der Waals surface area contributed by atoms with Crippen LogP contribution in [-0.4, -0.2) is 22.9 Å². The molecule has 5 heteroatoms. The first-order valence-corrected chi connectivity index (χ1v) is 8.55. The van der Waals surface area contributed by atoms with E-state index in [0.717, 1.165) is 11.3 Å². The fourth-order valence-corrected chi connectivity index (χ4v) is 3.09. The van der Waals surface area contributed by atoms with Crippen molar-refractivity contribution in [3.8, 4) is 5.75 Å². The Kier molecular flexibility index (Phi) is 5.23. The number of hydrogen-bond acceptors (Lipinski definition) is 4. The van der Waals surface area contributed by atoms with Crippen LogP contribution in [0.25, 0.3) is 0 Å². The summed E-state index contributed by atoms with van der Waals surface area (Å²) in [5.74, 6) is 0.639. The van der Waals surface area contributed by atoms with Gasteiger partial charge in [-0.05, 0) is 52.7 Å². The Hall–Kier alpha value is -2.66. The summed E-state index contributed by atoms with van der Waals surface area (Å²) >= 11 is 1.63. The predicted molar refractivity (Wildman–Crippen MR) is 95.1 cm³/mol. The molecule has 1 aromatic carbocycles. The zero-order valence-electron chi connectivity index (χ0n) is 13.4. The molecule has 0 aliphatic rings. The number of benzene rings is 1. The molecule has 122 valence electrons. The van der Waals surface area contributed by atoms with Crippen molar-refractivity contribution < 1.29 is 9.53 Å². The normalized spacial score (nSPS) is 10.4. The summed E-state index contributed by atoms with van der Waals surface area (Å²) < 4.78 is 5.23. The topological polar surface area (TPSA) is 42.4 Å². The van der Waals surface area contributed by atoms with Gasteiger partial charge >= 0.3 is 0 Å². The zero-order valence-corrected chi connectivity index (χ0v) is 14.2. The number of rotatable bonds is 6. The molecule has 0 bridgehead atoms. The van der Waals surface area contributed by atoms with Crippen LogP contribution >= 0.6 is 11.3 Å². The number of nitrogens with zero attached hydrogens (tertiary/aromatic N) is 2. The number of thiophene rings is 1. The maximum Gasteiger partial charge on any atom is 0.254 e. The Morgan fingerprint density at radius 3 is 2.79 bits per heavy atom. The van der Waals surface area contributed by atoms with Gasteiger partial charge in [0.15, 0.2) is 0 Å². The predicted octanol–water partition coefficient (Wildman–Crippen LogP) is 3.99. The first kappa shape index (κ1) is 16.2. The third-order valence-corrected chi connectivity index (χ3v) is 4.37. The van der Waals surface area contributed by atoms with Gasteiger partial charge in [0, 0.05) is 18.3 Å². The van der Waals surface area contributed by atoms with Crippen molar-refractivity contribution in [2.45, 2.75) is 13.1 Å². The van der Waals surface area contributed by atoms with E-state index in [1.807, 2.05) is 47.8 Å². The quantitative estimate of drug-likeness (QED) is 0.682. The number of carbonyl (C=O) groups excluding carboxylic acids is 1. The molecule has 0 N–H and O–H groups in total. The molecule has 0 unspecified atom stereocenters. The van der Waals surface area contributed by atoms with Crippen molar-refractivity contribution >= 4 is 17.2 Å². The molecule has 1 amide bonds. The second-order valence-electron chi connectivity index (χ2n) is 5.35. The number of ether oxygens (including phenoxy) is 1. The van der Waals surface area contributed by atoms with E-state index in [1.54, 1.807) is 35.6 Å². The van der Waals surface area contributed by atoms with Gasteiger partial charge in [0.2, 0.25) is 0 Å². The van der Waals surface area contributed by atoms with Crippen molar-refractivity contribution in [2.24, 2.45) is 0 Å². The van der Waals surface area contributed by atoms with E-state index in [0.29, 0.717) is 24.4 Å². The minimum Gasteiger partial charge on any atom is -0.497 e. The van der Waals surface area contributed by atoms with Crippen LogP contribution in [0.15, 0.2) is 65.5 Å². The van der Waals surface area contributed by atoms with Crippen molar-refractivity contribution in [2.75, 3.05) is 7.11 Å². The highest BCUT2D eigenvalue weighted by molar-refractivity contribution is 7.07. The lowest BCUT2D eigenvalue weighted by Crippen LogP contribution is -2.30. The van der Waals surface area contributed by atoms with Crippen LogP contribution in [-0.2, 0) is 13.1 Å². The van der Waals surface area contributed by atoms with E-state index in [4.69, 9.17) is 4.74 Å². The maximum atomic E-state index is 13.0. The molecule has 2 aromatic heterocycles. The van der Waals surface area contributed by atoms with E-state index < -0.39 is 0 Å². The van der Waals surface area contributed by atoms with Crippen LogP contribution in [0, 0.1) is 0 Å². The molecule has 0 radical (unpaired) electrons. The SMILES string of the molecule is COc1cccc(C(=O)N(Cc2ccsc2)Cc2ccccn2)c1. The van der Waals surface area contributed by atoms with E-state index in [-0.39, 0.29) is 5.91 Å². The highest BCUT2D eigenvalue weighted by Gasteiger charge is 2.18. The largest absolute Gasteiger partial charge is 0.497 e. The van der Waals surface area contributed by atoms with Gasteiger partial charge in [0.1, 0.15) is 5.75 Å². The van der Waals surface area contributed by atoms with Crippen LogP contribution in [0.2, 0.25) is 0 Å². The first-order chi connectivity index (χ1) is 11.8. The monoisotopic (exact) mass is 338 g/mol. The van der Waals surface area contributed by atoms with Crippen LogP contribution in [0.1, 0.15) is 21.6 Å². The van der Waals surface area contributed by atoms with Gasteiger partial charge in [0.05, 0.1) is 19.3 Å². The molecule has 0 spiro atoms. The Labute approximate surface area is 145 Å². The van der Waals surface area contributed by atoms with Gasteiger partial charge in [-0.2, -0.15) is 11.3 Å². The summed E-state index contributed by atoms with van der Waals surface area (Å²) in [4.78, 5) is 19.1. The average molecular weight is 338 g/mol. The second kappa shape index (κ2) is 7.75. The molecule has 0 saturated heterocycles. The van der Waals surface area contributed by atoms with Crippen LogP contribution in [0.4, 0.5) is 0 Å². The fraction of sp³-hybridized carbons (Fsp3) is 0.158. The van der Waals surface area contributed by atoms with Crippen LogP contribution < -0.4 is 4.74 Å². The summed E-state index contributed by atoms with van der Waals surface area (Å²) in [5.41, 5.74) is 2.59. The lowest BCUT2D eigenvalue weighted by Gasteiger charge is -2.22. The Morgan fingerprint density at radius 1 is 1.17 bits per heavy atom. The fourth-order valence-electron chi connectivity index (χ4n) is 2.43. The third-order valence-electron chi connectivity index (χ3n) is 3.64. The number of hydrogen-bond donors (Lipinski definition) is 0. The molecule has 0 aliphatic heterocycles. The van der Waals surface area contributed by atoms with Crippen LogP contribution in [0.3, 0.4) is 0 Å². The highest BCUT2D eigenvalue weighted by atomic mass is 32.1. The molecule has 0 atom stereocenters. The van der Waals surface area contributed by atoms with Crippen LogP contribution in [0.5, 0.6) is 5.75 Å². The smallest absolute Gasteiger partial charge is 0.254 e. The molecule has 24 heavy (non-hydrogen) atoms. The number of methoxy groups -OCH3 is 1. The standard InChI is InChI=1S/C19H18N2O2S/c1-23-18-7-4-5-16(11-18)19(22)21(12-15-8-10-24-14-15)13-17-6-2-3-9-20-17/h2-11,14H,12-13H2,1H3. The molecule has 2 heterocycles. The van der Waals surface area contributed by atoms with Gasteiger partial charge in [-0.15, -0.1) is 0 Å². The Morgan fingerprint density at radius 2 is 2.08 bits per heavy atom. The molecule has 3 rings (SSSR count). The summed E-state index contributed by atoms with van der Waals surface area (Å²) in [7, 11) is 1.60. The van der Waals surface area contributed by atoms with Gasteiger partial charge in [0.25, 0.3) is 5.91 Å². The minimum absolute atomic E-state index is 0.0363. The average Bonchev–Trinajstić information content (AvgIpc) is 3.14. The molecular formula is C19H18N2O2S. The second-order valence-corrected chi connectivity index (χ2v) is 6.13. The molecular weight excluding hydrogens is 320 g/mol. The Balaban J connectivity index is 1.86. The first-order valence-electron chi connectivity index (χ1n) is 7.60. The lowest BCUT2D eigenvalue weighted by molar-refractivity contribution is 0.0727. The molecule has 4 nitrogen and oxygen atoms in total. The zero-order chi connectivity index (χ0) is 16.8. The van der Waals surface area contributed by atoms with E-state index >= 15 is 0 Å². The van der Waals surface area contributed by atoms with E-state index in [2.05, 4.69) is 10.4 Å².